The molecule has 0 radical (unpaired) electrons. The van der Waals surface area contributed by atoms with E-state index in [1.54, 1.807) is 24.0 Å². The van der Waals surface area contributed by atoms with E-state index in [0.29, 0.717) is 11.3 Å². The number of pyridine rings is 1. The Morgan fingerprint density at radius 1 is 1.32 bits per heavy atom. The average molecular weight is 273 g/mol. The van der Waals surface area contributed by atoms with Crippen molar-refractivity contribution in [3.05, 3.63) is 53.2 Å². The molecular weight excluding hydrogens is 258 g/mol. The van der Waals surface area contributed by atoms with Crippen LogP contribution in [0.5, 0.6) is 0 Å². The van der Waals surface area contributed by atoms with Crippen LogP contribution in [0.1, 0.15) is 21.5 Å². The van der Waals surface area contributed by atoms with Crippen molar-refractivity contribution in [2.24, 2.45) is 5.73 Å². The van der Waals surface area contributed by atoms with Crippen molar-refractivity contribution in [2.45, 2.75) is 17.7 Å². The first-order valence-electron chi connectivity index (χ1n) is 5.80. The molecule has 98 valence electrons. The summed E-state index contributed by atoms with van der Waals surface area (Å²) in [7, 11) is 0. The van der Waals surface area contributed by atoms with Gasteiger partial charge in [-0.1, -0.05) is 6.07 Å². The smallest absolute Gasteiger partial charge is 0.248 e. The summed E-state index contributed by atoms with van der Waals surface area (Å²) in [6.07, 6.45) is 1.64. The van der Waals surface area contributed by atoms with Crippen molar-refractivity contribution in [3.63, 3.8) is 0 Å². The molecule has 0 atom stereocenters. The lowest BCUT2D eigenvalue weighted by molar-refractivity contribution is 0.1000. The van der Waals surface area contributed by atoms with Gasteiger partial charge < -0.3 is 11.5 Å². The highest BCUT2D eigenvalue weighted by molar-refractivity contribution is 7.98. The van der Waals surface area contributed by atoms with Gasteiger partial charge in [0.1, 0.15) is 0 Å². The Labute approximate surface area is 116 Å². The number of rotatable bonds is 4. The Balaban J connectivity index is 2.07. The summed E-state index contributed by atoms with van der Waals surface area (Å²) in [5, 5.41) is 0.924. The van der Waals surface area contributed by atoms with Crippen LogP contribution in [0.15, 0.2) is 41.6 Å². The largest absolute Gasteiger partial charge is 0.397 e. The van der Waals surface area contributed by atoms with Crippen molar-refractivity contribution >= 4 is 23.4 Å². The third-order valence-corrected chi connectivity index (χ3v) is 3.75. The normalized spacial score (nSPS) is 10.4. The zero-order chi connectivity index (χ0) is 13.8. The number of anilines is 1. The molecular formula is C14H15N3OS. The second-order valence-corrected chi connectivity index (χ2v) is 5.22. The third kappa shape index (κ3) is 3.48. The summed E-state index contributed by atoms with van der Waals surface area (Å²) in [5.41, 5.74) is 14.2. The van der Waals surface area contributed by atoms with E-state index in [1.807, 2.05) is 31.2 Å². The molecule has 19 heavy (non-hydrogen) atoms. The fourth-order valence-corrected chi connectivity index (χ4v) is 2.56. The van der Waals surface area contributed by atoms with E-state index in [-0.39, 0.29) is 0 Å². The molecule has 0 fully saturated rings. The van der Waals surface area contributed by atoms with Crippen molar-refractivity contribution < 1.29 is 4.79 Å². The molecule has 1 aromatic heterocycles. The molecule has 0 spiro atoms. The summed E-state index contributed by atoms with van der Waals surface area (Å²) >= 11 is 1.63. The van der Waals surface area contributed by atoms with Gasteiger partial charge >= 0.3 is 0 Å². The van der Waals surface area contributed by atoms with E-state index in [1.165, 1.54) is 0 Å². The third-order valence-electron chi connectivity index (χ3n) is 2.76. The summed E-state index contributed by atoms with van der Waals surface area (Å²) in [5.74, 6) is 0.393. The van der Waals surface area contributed by atoms with Crippen LogP contribution in [0.3, 0.4) is 0 Å². The molecule has 0 bridgehead atoms. The van der Waals surface area contributed by atoms with Crippen LogP contribution >= 0.6 is 11.8 Å². The number of aryl methyl sites for hydroxylation is 1. The van der Waals surface area contributed by atoms with Crippen LogP contribution in [0.2, 0.25) is 0 Å². The number of aromatic nitrogens is 1. The standard InChI is InChI=1S/C14H15N3OS/c1-9-6-10(14(16)18)2-3-11(9)8-19-13-5-4-12(15)7-17-13/h2-7H,8,15H2,1H3,(H2,16,18). The van der Waals surface area contributed by atoms with Gasteiger partial charge in [0.2, 0.25) is 5.91 Å². The van der Waals surface area contributed by atoms with E-state index < -0.39 is 5.91 Å². The van der Waals surface area contributed by atoms with Gasteiger partial charge in [0.25, 0.3) is 0 Å². The molecule has 2 aromatic rings. The van der Waals surface area contributed by atoms with Gasteiger partial charge in [0.05, 0.1) is 16.9 Å². The molecule has 1 heterocycles. The maximum Gasteiger partial charge on any atom is 0.248 e. The van der Waals surface area contributed by atoms with E-state index in [9.17, 15) is 4.79 Å². The van der Waals surface area contributed by atoms with Gasteiger partial charge in [0, 0.05) is 11.3 Å². The Morgan fingerprint density at radius 2 is 2.11 bits per heavy atom. The number of thioether (sulfide) groups is 1. The number of carbonyl (C=O) groups excluding carboxylic acids is 1. The van der Waals surface area contributed by atoms with Crippen LogP contribution in [0.25, 0.3) is 0 Å². The summed E-state index contributed by atoms with van der Waals surface area (Å²) in [4.78, 5) is 15.3. The molecule has 2 rings (SSSR count). The zero-order valence-corrected chi connectivity index (χ0v) is 11.4. The Kier molecular flexibility index (Phi) is 4.06. The maximum absolute atomic E-state index is 11.1. The van der Waals surface area contributed by atoms with E-state index in [2.05, 4.69) is 4.98 Å². The first kappa shape index (κ1) is 13.4. The molecule has 0 aliphatic heterocycles. The van der Waals surface area contributed by atoms with Crippen LogP contribution in [0, 0.1) is 6.92 Å². The lowest BCUT2D eigenvalue weighted by Gasteiger charge is -2.07. The maximum atomic E-state index is 11.1. The van der Waals surface area contributed by atoms with Gasteiger partial charge in [-0.25, -0.2) is 4.98 Å². The number of carbonyl (C=O) groups is 1. The minimum absolute atomic E-state index is 0.400. The number of hydrogen-bond donors (Lipinski definition) is 2. The van der Waals surface area contributed by atoms with Crippen molar-refractivity contribution in [1.82, 2.24) is 4.98 Å². The zero-order valence-electron chi connectivity index (χ0n) is 10.6. The summed E-state index contributed by atoms with van der Waals surface area (Å²) in [6.45, 7) is 1.97. The molecule has 4 N–H and O–H groups in total. The number of primary amides is 1. The van der Waals surface area contributed by atoms with Gasteiger partial charge in [-0.05, 0) is 42.3 Å². The lowest BCUT2D eigenvalue weighted by atomic mass is 10.1. The van der Waals surface area contributed by atoms with Crippen LogP contribution in [-0.2, 0) is 5.75 Å². The van der Waals surface area contributed by atoms with Gasteiger partial charge in [-0.15, -0.1) is 11.8 Å². The monoisotopic (exact) mass is 273 g/mol. The Hall–Kier alpha value is -2.01. The molecule has 1 amide bonds. The second-order valence-electron chi connectivity index (χ2n) is 4.22. The van der Waals surface area contributed by atoms with Crippen molar-refractivity contribution in [3.8, 4) is 0 Å². The first-order valence-corrected chi connectivity index (χ1v) is 6.78. The van der Waals surface area contributed by atoms with Crippen LogP contribution in [0.4, 0.5) is 5.69 Å². The number of nitrogens with two attached hydrogens (primary N) is 2. The van der Waals surface area contributed by atoms with Gasteiger partial charge in [-0.3, -0.25) is 4.79 Å². The lowest BCUT2D eigenvalue weighted by Crippen LogP contribution is -2.11. The number of amides is 1. The molecule has 0 aliphatic rings. The van der Waals surface area contributed by atoms with Crippen molar-refractivity contribution in [2.75, 3.05) is 5.73 Å². The molecule has 1 aromatic carbocycles. The minimum atomic E-state index is -0.400. The minimum Gasteiger partial charge on any atom is -0.397 e. The van der Waals surface area contributed by atoms with Crippen LogP contribution < -0.4 is 11.5 Å². The fourth-order valence-electron chi connectivity index (χ4n) is 1.64. The predicted molar refractivity (Wildman–Crippen MR) is 77.9 cm³/mol. The average Bonchev–Trinajstić information content (AvgIpc) is 2.39. The molecule has 0 unspecified atom stereocenters. The number of nitrogens with zero attached hydrogens (tertiary/aromatic N) is 1. The number of nitrogen functional groups attached to an aromatic ring is 1. The SMILES string of the molecule is Cc1cc(C(N)=O)ccc1CSc1ccc(N)cn1. The molecule has 5 heteroatoms. The molecule has 0 saturated heterocycles. The second kappa shape index (κ2) is 5.75. The highest BCUT2D eigenvalue weighted by Gasteiger charge is 2.05. The predicted octanol–water partition coefficient (Wildman–Crippen LogP) is 2.36. The highest BCUT2D eigenvalue weighted by Crippen LogP contribution is 2.23. The van der Waals surface area contributed by atoms with E-state index in [4.69, 9.17) is 11.5 Å². The number of benzene rings is 1. The van der Waals surface area contributed by atoms with Gasteiger partial charge in [-0.2, -0.15) is 0 Å². The first-order chi connectivity index (χ1) is 9.06. The van der Waals surface area contributed by atoms with Crippen molar-refractivity contribution in [1.29, 1.82) is 0 Å². The van der Waals surface area contributed by atoms with E-state index in [0.717, 1.165) is 21.9 Å². The van der Waals surface area contributed by atoms with E-state index >= 15 is 0 Å². The van der Waals surface area contributed by atoms with Gasteiger partial charge in [0.15, 0.2) is 0 Å². The Morgan fingerprint density at radius 3 is 2.68 bits per heavy atom. The molecule has 4 nitrogen and oxygen atoms in total. The van der Waals surface area contributed by atoms with Crippen LogP contribution in [-0.4, -0.2) is 10.9 Å². The highest BCUT2D eigenvalue weighted by atomic mass is 32.2. The summed E-state index contributed by atoms with van der Waals surface area (Å²) in [6, 6.07) is 9.22. The summed E-state index contributed by atoms with van der Waals surface area (Å²) < 4.78 is 0. The number of hydrogen-bond acceptors (Lipinski definition) is 4. The quantitative estimate of drug-likeness (QED) is 0.838. The fraction of sp³-hybridized carbons (Fsp3) is 0.143. The molecule has 0 aliphatic carbocycles. The Bertz CT molecular complexity index is 596. The molecule has 0 saturated carbocycles. The topological polar surface area (TPSA) is 82.0 Å².